The number of fused-ring (bicyclic) bond motifs is 4. The first-order valence-corrected chi connectivity index (χ1v) is 13.8. The van der Waals surface area contributed by atoms with Gasteiger partial charge in [0.15, 0.2) is 11.6 Å². The third-order valence-corrected chi connectivity index (χ3v) is 8.13. The van der Waals surface area contributed by atoms with Gasteiger partial charge in [0, 0.05) is 60.2 Å². The summed E-state index contributed by atoms with van der Waals surface area (Å²) in [4.78, 5) is 28.2. The van der Waals surface area contributed by atoms with Crippen molar-refractivity contribution in [3.63, 3.8) is 0 Å². The molecule has 2 aliphatic carbocycles. The van der Waals surface area contributed by atoms with E-state index in [0.29, 0.717) is 29.6 Å². The number of nitrogens with zero attached hydrogens (tertiary/aromatic N) is 7. The molecule has 0 radical (unpaired) electrons. The van der Waals surface area contributed by atoms with E-state index in [1.54, 1.807) is 0 Å². The molecule has 7 rings (SSSR count). The Morgan fingerprint density at radius 3 is 2.54 bits per heavy atom. The Morgan fingerprint density at radius 1 is 1.03 bits per heavy atom. The third-order valence-electron chi connectivity index (χ3n) is 8.13. The van der Waals surface area contributed by atoms with Crippen molar-refractivity contribution < 1.29 is 9.53 Å². The number of ether oxygens (including phenoxy) is 1. The van der Waals surface area contributed by atoms with E-state index >= 15 is 0 Å². The molecule has 3 aliphatic rings. The molecule has 2 saturated carbocycles. The lowest BCUT2D eigenvalue weighted by Gasteiger charge is -2.22. The lowest BCUT2D eigenvalue weighted by atomic mass is 10.2. The molecule has 1 unspecified atom stereocenters. The van der Waals surface area contributed by atoms with Gasteiger partial charge in [-0.25, -0.2) is 9.78 Å². The number of amides is 1. The first-order valence-electron chi connectivity index (χ1n) is 13.8. The molecule has 1 aliphatic heterocycles. The van der Waals surface area contributed by atoms with Crippen LogP contribution in [0.5, 0.6) is 0 Å². The number of carbonyl (C=O) groups is 1. The number of carbonyl (C=O) groups excluding carboxylic acids is 1. The Hall–Kier alpha value is -4.02. The highest BCUT2D eigenvalue weighted by Gasteiger charge is 2.57. The van der Waals surface area contributed by atoms with Crippen LogP contribution in [-0.4, -0.2) is 60.5 Å². The number of piperidine rings is 1. The van der Waals surface area contributed by atoms with E-state index in [1.165, 1.54) is 12.8 Å². The summed E-state index contributed by atoms with van der Waals surface area (Å²) < 4.78 is 7.73. The molecule has 11 heteroatoms. The van der Waals surface area contributed by atoms with E-state index in [1.807, 2.05) is 57.6 Å². The normalized spacial score (nSPS) is 22.8. The topological polar surface area (TPSA) is 123 Å². The number of pyridine rings is 1. The summed E-state index contributed by atoms with van der Waals surface area (Å²) in [5.74, 6) is 2.75. The van der Waals surface area contributed by atoms with Gasteiger partial charge in [-0.1, -0.05) is 12.8 Å². The molecule has 39 heavy (non-hydrogen) atoms. The van der Waals surface area contributed by atoms with Crippen molar-refractivity contribution in [2.75, 3.05) is 23.3 Å². The molecular weight excluding hydrogens is 494 g/mol. The fourth-order valence-corrected chi connectivity index (χ4v) is 6.31. The first kappa shape index (κ1) is 24.1. The molecule has 4 aromatic rings. The van der Waals surface area contributed by atoms with Crippen molar-refractivity contribution >= 4 is 45.6 Å². The number of hydrogen-bond acceptors (Lipinski definition) is 9. The van der Waals surface area contributed by atoms with Gasteiger partial charge in [-0.3, -0.25) is 4.98 Å². The zero-order valence-corrected chi connectivity index (χ0v) is 22.5. The van der Waals surface area contributed by atoms with Gasteiger partial charge in [0.05, 0.1) is 11.7 Å². The number of anilines is 3. The zero-order valence-electron chi connectivity index (χ0n) is 22.5. The monoisotopic (exact) mass is 527 g/mol. The van der Waals surface area contributed by atoms with Crippen molar-refractivity contribution in [1.29, 1.82) is 0 Å². The average Bonchev–Trinajstić information content (AvgIpc) is 3.36. The fourth-order valence-electron chi connectivity index (χ4n) is 6.31. The van der Waals surface area contributed by atoms with Gasteiger partial charge in [-0.15, -0.1) is 10.2 Å². The molecular formula is C28H33N9O2. The Morgan fingerprint density at radius 2 is 1.82 bits per heavy atom. The van der Waals surface area contributed by atoms with Crippen molar-refractivity contribution in [2.24, 2.45) is 11.8 Å². The Balaban J connectivity index is 1.03. The predicted molar refractivity (Wildman–Crippen MR) is 148 cm³/mol. The van der Waals surface area contributed by atoms with Gasteiger partial charge in [0.1, 0.15) is 11.2 Å². The largest absolute Gasteiger partial charge is 0.444 e. The lowest BCUT2D eigenvalue weighted by molar-refractivity contribution is 0.0518. The van der Waals surface area contributed by atoms with E-state index < -0.39 is 5.60 Å². The number of alkyl carbamates (subject to hydrolysis) is 1. The summed E-state index contributed by atoms with van der Waals surface area (Å²) in [6, 6.07) is 6.53. The van der Waals surface area contributed by atoms with Crippen molar-refractivity contribution in [1.82, 2.24) is 35.0 Å². The van der Waals surface area contributed by atoms with Gasteiger partial charge in [-0.05, 0) is 51.8 Å². The van der Waals surface area contributed by atoms with Crippen LogP contribution in [0.1, 0.15) is 52.5 Å². The summed E-state index contributed by atoms with van der Waals surface area (Å²) in [7, 11) is 0. The van der Waals surface area contributed by atoms with Gasteiger partial charge in [0.2, 0.25) is 5.95 Å². The molecule has 5 heterocycles. The molecule has 1 saturated heterocycles. The van der Waals surface area contributed by atoms with E-state index in [2.05, 4.69) is 40.3 Å². The molecule has 0 bridgehead atoms. The Bertz CT molecular complexity index is 1530. The van der Waals surface area contributed by atoms with Crippen molar-refractivity contribution in [3.8, 4) is 0 Å². The van der Waals surface area contributed by atoms with Crippen LogP contribution in [-0.2, 0) is 4.74 Å². The molecule has 3 atom stereocenters. The van der Waals surface area contributed by atoms with E-state index in [-0.39, 0.29) is 12.1 Å². The number of rotatable bonds is 5. The van der Waals surface area contributed by atoms with Crippen molar-refractivity contribution in [3.05, 3.63) is 36.8 Å². The standard InChI is InChI=1S/C28H33N9O2/c1-28(2,3)39-27(38)32-24-19-14-36(15-20(19)24)23-9-8-22(34-35-23)31-26-30-12-18-17-10-11-29-13-21(17)37(25(18)33-26)16-6-4-5-7-16/h8-13,16,19-20,24H,4-7,14-15H2,1-3H3,(H,32,38)(H,30,31,33,34)/t19-,20+,24?. The highest BCUT2D eigenvalue weighted by Crippen LogP contribution is 2.46. The van der Waals surface area contributed by atoms with Crippen LogP contribution in [0, 0.1) is 11.8 Å². The van der Waals surface area contributed by atoms with Crippen molar-refractivity contribution in [2.45, 2.75) is 64.1 Å². The van der Waals surface area contributed by atoms with E-state index in [0.717, 1.165) is 53.7 Å². The lowest BCUT2D eigenvalue weighted by Crippen LogP contribution is -2.38. The van der Waals surface area contributed by atoms with Gasteiger partial charge < -0.3 is 24.8 Å². The van der Waals surface area contributed by atoms with Crippen LogP contribution in [0.2, 0.25) is 0 Å². The summed E-state index contributed by atoms with van der Waals surface area (Å²) in [5, 5.41) is 17.3. The summed E-state index contributed by atoms with van der Waals surface area (Å²) >= 11 is 0. The minimum atomic E-state index is -0.492. The number of hydrogen-bond donors (Lipinski definition) is 2. The smallest absolute Gasteiger partial charge is 0.407 e. The SMILES string of the molecule is CC(C)(C)OC(=O)NC1[C@H]2CN(c3ccc(Nc4ncc5c6ccncc6n(C6CCCC6)c5n4)nn3)C[C@@H]12. The fraction of sp³-hybridized carbons (Fsp3) is 0.500. The summed E-state index contributed by atoms with van der Waals surface area (Å²) in [6.07, 6.45) is 10.1. The minimum Gasteiger partial charge on any atom is -0.444 e. The highest BCUT2D eigenvalue weighted by molar-refractivity contribution is 6.06. The van der Waals surface area contributed by atoms with Gasteiger partial charge in [-0.2, -0.15) is 4.98 Å². The molecule has 0 spiro atoms. The number of nitrogens with one attached hydrogen (secondary N) is 2. The molecule has 0 aromatic carbocycles. The molecule has 202 valence electrons. The second-order valence-corrected chi connectivity index (χ2v) is 11.9. The van der Waals surface area contributed by atoms with E-state index in [9.17, 15) is 4.79 Å². The average molecular weight is 528 g/mol. The maximum atomic E-state index is 12.1. The molecule has 3 fully saturated rings. The minimum absolute atomic E-state index is 0.174. The second-order valence-electron chi connectivity index (χ2n) is 11.9. The van der Waals surface area contributed by atoms with Crippen LogP contribution in [0.25, 0.3) is 21.9 Å². The van der Waals surface area contributed by atoms with Gasteiger partial charge >= 0.3 is 6.09 Å². The zero-order chi connectivity index (χ0) is 26.7. The molecule has 2 N–H and O–H groups in total. The first-order chi connectivity index (χ1) is 18.8. The molecule has 1 amide bonds. The predicted octanol–water partition coefficient (Wildman–Crippen LogP) is 4.59. The van der Waals surface area contributed by atoms with Crippen LogP contribution < -0.4 is 15.5 Å². The Kier molecular flexibility index (Phi) is 5.57. The summed E-state index contributed by atoms with van der Waals surface area (Å²) in [5.41, 5.74) is 1.55. The number of aromatic nitrogens is 6. The maximum absolute atomic E-state index is 12.1. The van der Waals surface area contributed by atoms with E-state index in [4.69, 9.17) is 9.72 Å². The maximum Gasteiger partial charge on any atom is 0.407 e. The Labute approximate surface area is 226 Å². The molecule has 4 aromatic heterocycles. The van der Waals surface area contributed by atoms with Crippen LogP contribution >= 0.6 is 0 Å². The van der Waals surface area contributed by atoms with Crippen LogP contribution in [0.4, 0.5) is 22.4 Å². The third kappa shape index (κ3) is 4.49. The van der Waals surface area contributed by atoms with Gasteiger partial charge in [0.25, 0.3) is 0 Å². The quantitative estimate of drug-likeness (QED) is 0.384. The highest BCUT2D eigenvalue weighted by atomic mass is 16.6. The van der Waals surface area contributed by atoms with Crippen LogP contribution in [0.15, 0.2) is 36.8 Å². The van der Waals surface area contributed by atoms with Crippen LogP contribution in [0.3, 0.4) is 0 Å². The molecule has 11 nitrogen and oxygen atoms in total. The second kappa shape index (κ2) is 9.03. The summed E-state index contributed by atoms with van der Waals surface area (Å²) in [6.45, 7) is 7.30.